The Bertz CT molecular complexity index is 2970. The number of aryl methyl sites for hydroxylation is 4. The van der Waals surface area contributed by atoms with E-state index in [4.69, 9.17) is 32.4 Å². The molecule has 4 heterocycles. The van der Waals surface area contributed by atoms with E-state index < -0.39 is 29.7 Å². The van der Waals surface area contributed by atoms with Crippen LogP contribution in [0.15, 0.2) is 77.6 Å². The average molecular weight is 903 g/mol. The molecule has 2 aromatic carbocycles. The van der Waals surface area contributed by atoms with Gasteiger partial charge in [-0.05, 0) is 64.1 Å². The maximum absolute atomic E-state index is 13.8. The van der Waals surface area contributed by atoms with Crippen molar-refractivity contribution in [2.45, 2.75) is 53.9 Å². The van der Waals surface area contributed by atoms with Gasteiger partial charge in [0.2, 0.25) is 23.7 Å². The van der Waals surface area contributed by atoms with E-state index in [1.165, 1.54) is 43.8 Å². The zero-order valence-electron chi connectivity index (χ0n) is 36.9. The van der Waals surface area contributed by atoms with E-state index in [2.05, 4.69) is 41.1 Å². The van der Waals surface area contributed by atoms with Gasteiger partial charge in [-0.3, -0.25) is 44.2 Å². The molecule has 11 N–H and O–H groups in total. The van der Waals surface area contributed by atoms with E-state index in [0.29, 0.717) is 46.9 Å². The Labute approximate surface area is 377 Å². The van der Waals surface area contributed by atoms with Crippen LogP contribution in [0, 0.1) is 13.8 Å². The summed E-state index contributed by atoms with van der Waals surface area (Å²) in [4.78, 5) is 78.9. The lowest BCUT2D eigenvalue weighted by molar-refractivity contribution is 0.0991. The summed E-state index contributed by atoms with van der Waals surface area (Å²) in [6.45, 7) is 8.52. The van der Waals surface area contributed by atoms with Crippen molar-refractivity contribution in [2.75, 3.05) is 30.8 Å². The highest BCUT2D eigenvalue weighted by Crippen LogP contribution is 2.33. The number of allylic oxidation sites excluding steroid dienone is 3. The summed E-state index contributed by atoms with van der Waals surface area (Å²) in [5.41, 5.74) is 25.7. The molecule has 344 valence electrons. The molecule has 6 rings (SSSR count). The first kappa shape index (κ1) is 46.7. The molecule has 23 heteroatoms. The monoisotopic (exact) mass is 902 g/mol. The Morgan fingerprint density at radius 3 is 1.68 bits per heavy atom. The SMILES string of the molecule is CCn1nc(C)cc1C(=O)Nc1nc2cc(C(N)=O)cc(OC)c2n1C/C=C/Cn1c(NC(=O)c2cc(C)nn2CC)nc2cc(C(N)=O)cc(OC(=O)NC/C=C/CN=C/C(N)=C\N)c21. The summed E-state index contributed by atoms with van der Waals surface area (Å²) in [7, 11) is 1.43. The van der Waals surface area contributed by atoms with Crippen molar-refractivity contribution in [1.29, 1.82) is 0 Å². The van der Waals surface area contributed by atoms with Crippen LogP contribution >= 0.6 is 0 Å². The Morgan fingerprint density at radius 2 is 1.21 bits per heavy atom. The number of benzene rings is 2. The highest BCUT2D eigenvalue weighted by molar-refractivity contribution is 6.05. The number of primary amides is 2. The molecule has 0 aliphatic carbocycles. The van der Waals surface area contributed by atoms with Crippen LogP contribution in [-0.4, -0.2) is 94.8 Å². The molecule has 4 aromatic heterocycles. The fraction of sp³-hybridized carbons (Fsp3) is 0.256. The third-order valence-corrected chi connectivity index (χ3v) is 9.84. The highest BCUT2D eigenvalue weighted by atomic mass is 16.6. The predicted octanol–water partition coefficient (Wildman–Crippen LogP) is 2.88. The number of fused-ring (bicyclic) bond motifs is 2. The van der Waals surface area contributed by atoms with Gasteiger partial charge >= 0.3 is 6.09 Å². The molecule has 0 aliphatic heterocycles. The van der Waals surface area contributed by atoms with Crippen molar-refractivity contribution in [1.82, 2.24) is 44.0 Å². The summed E-state index contributed by atoms with van der Waals surface area (Å²) in [6, 6.07) is 8.99. The minimum absolute atomic E-state index is 0.00539. The fourth-order valence-electron chi connectivity index (χ4n) is 6.85. The second-order valence-electron chi connectivity index (χ2n) is 14.5. The van der Waals surface area contributed by atoms with Gasteiger partial charge in [0.05, 0.1) is 41.8 Å². The van der Waals surface area contributed by atoms with Crippen molar-refractivity contribution >= 4 is 69.9 Å². The fourth-order valence-corrected chi connectivity index (χ4v) is 6.85. The molecule has 0 spiro atoms. The first-order valence-electron chi connectivity index (χ1n) is 20.5. The highest BCUT2D eigenvalue weighted by Gasteiger charge is 2.24. The van der Waals surface area contributed by atoms with E-state index in [1.807, 2.05) is 13.8 Å². The number of carbonyl (C=O) groups excluding carboxylic acids is 5. The minimum atomic E-state index is -0.871. The van der Waals surface area contributed by atoms with Gasteiger partial charge in [-0.25, -0.2) is 14.8 Å². The molecule has 6 aromatic rings. The van der Waals surface area contributed by atoms with E-state index in [9.17, 15) is 24.0 Å². The molecule has 5 amide bonds. The molecular formula is C43H50N16O7. The lowest BCUT2D eigenvalue weighted by Gasteiger charge is -2.13. The summed E-state index contributed by atoms with van der Waals surface area (Å²) in [5.74, 6) is -2.19. The van der Waals surface area contributed by atoms with Crippen LogP contribution < -0.4 is 48.4 Å². The molecule has 0 unspecified atom stereocenters. The number of hydrogen-bond donors (Lipinski definition) is 7. The quantitative estimate of drug-likeness (QED) is 0.0455. The number of nitrogens with one attached hydrogen (secondary N) is 3. The predicted molar refractivity (Wildman–Crippen MR) is 246 cm³/mol. The van der Waals surface area contributed by atoms with Crippen molar-refractivity contribution in [3.63, 3.8) is 0 Å². The minimum Gasteiger partial charge on any atom is -0.494 e. The molecule has 0 fully saturated rings. The zero-order valence-corrected chi connectivity index (χ0v) is 36.9. The van der Waals surface area contributed by atoms with Gasteiger partial charge in [-0.1, -0.05) is 24.3 Å². The first-order valence-corrected chi connectivity index (χ1v) is 20.5. The smallest absolute Gasteiger partial charge is 0.412 e. The lowest BCUT2D eigenvalue weighted by atomic mass is 10.1. The number of ether oxygens (including phenoxy) is 2. The topological polar surface area (TPSA) is 328 Å². The molecule has 66 heavy (non-hydrogen) atoms. The lowest BCUT2D eigenvalue weighted by Crippen LogP contribution is -2.27. The zero-order chi connectivity index (χ0) is 47.7. The second kappa shape index (κ2) is 20.6. The average Bonchev–Trinajstić information content (AvgIpc) is 4.06. The Kier molecular flexibility index (Phi) is 14.6. The van der Waals surface area contributed by atoms with Gasteiger partial charge in [0, 0.05) is 56.3 Å². The van der Waals surface area contributed by atoms with Crippen LogP contribution in [0.3, 0.4) is 0 Å². The number of aliphatic imine (C=N–C) groups is 1. The summed E-state index contributed by atoms with van der Waals surface area (Å²) < 4.78 is 17.8. The van der Waals surface area contributed by atoms with Gasteiger partial charge in [0.1, 0.15) is 28.2 Å². The van der Waals surface area contributed by atoms with E-state index >= 15 is 0 Å². The van der Waals surface area contributed by atoms with Crippen molar-refractivity contribution in [2.24, 2.45) is 27.9 Å². The Hall–Kier alpha value is -8.76. The maximum atomic E-state index is 13.8. The van der Waals surface area contributed by atoms with Crippen LogP contribution in [0.25, 0.3) is 22.1 Å². The molecule has 0 bridgehead atoms. The molecule has 23 nitrogen and oxygen atoms in total. The molecule has 0 saturated carbocycles. The van der Waals surface area contributed by atoms with Crippen LogP contribution in [0.2, 0.25) is 0 Å². The Morgan fingerprint density at radius 1 is 0.712 bits per heavy atom. The number of nitrogens with zero attached hydrogens (tertiary/aromatic N) is 9. The first-order chi connectivity index (χ1) is 31.6. The molecule has 0 atom stereocenters. The molecule has 0 aliphatic rings. The number of amides is 5. The maximum Gasteiger partial charge on any atom is 0.412 e. The van der Waals surface area contributed by atoms with Crippen molar-refractivity contribution in [3.8, 4) is 11.5 Å². The van der Waals surface area contributed by atoms with Gasteiger partial charge in [-0.2, -0.15) is 10.2 Å². The third kappa shape index (κ3) is 10.5. The number of rotatable bonds is 19. The molecule has 0 radical (unpaired) electrons. The number of aromatic nitrogens is 8. The van der Waals surface area contributed by atoms with Gasteiger partial charge in [0.15, 0.2) is 5.75 Å². The molecule has 0 saturated heterocycles. The number of imidazole rings is 2. The van der Waals surface area contributed by atoms with E-state index in [0.717, 1.165) is 0 Å². The number of hydrogen-bond acceptors (Lipinski definition) is 14. The van der Waals surface area contributed by atoms with Crippen LogP contribution in [0.4, 0.5) is 16.7 Å². The summed E-state index contributed by atoms with van der Waals surface area (Å²) in [6.07, 6.45) is 8.58. The standard InChI is InChI=1S/C43H50N16O7/c1-6-58-31(16-24(3)54-58)39(62)52-41-50-29-18-26(37(46)60)20-33(65-5)35(29)56(41)14-10-11-15-57-36-30(51-42(57)53-40(63)32-17-25(4)55-59(32)7-2)19-27(38(47)61)21-34(36)66-43(64)49-13-9-8-12-48-23-28(45)22-44/h8-11,16-23H,6-7,12-15,44-45H2,1-5H3,(H2,46,60)(H2,47,61)(H,49,64)(H,50,52,62)(H,51,53,63)/b9-8+,11-10+,28-22+,48-23?. The summed E-state index contributed by atoms with van der Waals surface area (Å²) >= 11 is 0. The number of anilines is 2. The van der Waals surface area contributed by atoms with Crippen LogP contribution in [0.5, 0.6) is 11.5 Å². The van der Waals surface area contributed by atoms with Crippen molar-refractivity contribution < 1.29 is 33.4 Å². The van der Waals surface area contributed by atoms with E-state index in [-0.39, 0.29) is 77.4 Å². The number of nitrogens with two attached hydrogens (primary N) is 4. The summed E-state index contributed by atoms with van der Waals surface area (Å²) in [5, 5.41) is 17.1. The van der Waals surface area contributed by atoms with Crippen LogP contribution in [-0.2, 0) is 26.2 Å². The Balaban J connectivity index is 1.38. The van der Waals surface area contributed by atoms with Crippen LogP contribution in [0.1, 0.15) is 66.9 Å². The molecular weight excluding hydrogens is 853 g/mol. The van der Waals surface area contributed by atoms with E-state index in [1.54, 1.807) is 68.8 Å². The van der Waals surface area contributed by atoms with Gasteiger partial charge < -0.3 is 46.9 Å². The number of methoxy groups -OCH3 is 1. The largest absolute Gasteiger partial charge is 0.494 e. The third-order valence-electron chi connectivity index (χ3n) is 9.84. The normalized spacial score (nSPS) is 11.9. The van der Waals surface area contributed by atoms with Crippen molar-refractivity contribution in [3.05, 3.63) is 107 Å². The van der Waals surface area contributed by atoms with Gasteiger partial charge in [0.25, 0.3) is 11.8 Å². The second-order valence-corrected chi connectivity index (χ2v) is 14.5. The number of carbonyl (C=O) groups is 5. The van der Waals surface area contributed by atoms with Gasteiger partial charge in [-0.15, -0.1) is 0 Å².